The van der Waals surface area contributed by atoms with Gasteiger partial charge in [-0.25, -0.2) is 0 Å². The number of carbonyl (C=O) groups is 1. The van der Waals surface area contributed by atoms with Crippen molar-refractivity contribution in [2.45, 2.75) is 371 Å². The number of hydrogen-bond donors (Lipinski definition) is 6. The maximum absolute atomic E-state index is 13.1. The maximum atomic E-state index is 13.1. The van der Waals surface area contributed by atoms with E-state index in [9.17, 15) is 30.3 Å². The van der Waals surface area contributed by atoms with Crippen LogP contribution in [-0.4, -0.2) is 87.5 Å². The van der Waals surface area contributed by atoms with Gasteiger partial charge in [-0.2, -0.15) is 0 Å². The van der Waals surface area contributed by atoms with E-state index in [-0.39, 0.29) is 12.5 Å². The Labute approximate surface area is 470 Å². The Balaban J connectivity index is 2.14. The SMILES string of the molecule is CCCCCCCCCCC/C=C\C/C=C\CCCCCCCCCCCCCCCCCC(=O)NC(COC1OC(CO)C(O)C(O)C1O)C(O)/C=C/CCCCCCCCCCCCCCCCCCCCCC. The Bertz CT molecular complexity index is 1290. The predicted octanol–water partition coefficient (Wildman–Crippen LogP) is 17.5. The summed E-state index contributed by atoms with van der Waals surface area (Å²) in [5.41, 5.74) is 0. The first kappa shape index (κ1) is 72.4. The summed E-state index contributed by atoms with van der Waals surface area (Å²) in [6, 6.07) is -0.805. The van der Waals surface area contributed by atoms with Gasteiger partial charge in [-0.3, -0.25) is 4.79 Å². The van der Waals surface area contributed by atoms with Crippen molar-refractivity contribution in [3.8, 4) is 0 Å². The van der Waals surface area contributed by atoms with Gasteiger partial charge in [0.2, 0.25) is 5.91 Å². The summed E-state index contributed by atoms with van der Waals surface area (Å²) in [7, 11) is 0. The molecule has 1 aliphatic heterocycles. The first-order valence-electron chi connectivity index (χ1n) is 33.2. The van der Waals surface area contributed by atoms with Gasteiger partial charge in [0.25, 0.3) is 0 Å². The van der Waals surface area contributed by atoms with Crippen LogP contribution in [0.15, 0.2) is 36.5 Å². The Morgan fingerprint density at radius 1 is 0.447 bits per heavy atom. The lowest BCUT2D eigenvalue weighted by molar-refractivity contribution is -0.302. The van der Waals surface area contributed by atoms with Crippen LogP contribution in [0.3, 0.4) is 0 Å². The van der Waals surface area contributed by atoms with Crippen LogP contribution in [0.25, 0.3) is 0 Å². The Morgan fingerprint density at radius 3 is 1.13 bits per heavy atom. The molecule has 448 valence electrons. The van der Waals surface area contributed by atoms with E-state index >= 15 is 0 Å². The second-order valence-corrected chi connectivity index (χ2v) is 23.3. The fourth-order valence-corrected chi connectivity index (χ4v) is 10.7. The van der Waals surface area contributed by atoms with Gasteiger partial charge in [0.1, 0.15) is 24.4 Å². The van der Waals surface area contributed by atoms with E-state index in [0.717, 1.165) is 44.9 Å². The van der Waals surface area contributed by atoms with Crippen LogP contribution in [-0.2, 0) is 14.3 Å². The van der Waals surface area contributed by atoms with Crippen LogP contribution in [0, 0.1) is 0 Å². The van der Waals surface area contributed by atoms with E-state index in [1.807, 2.05) is 6.08 Å². The van der Waals surface area contributed by atoms with E-state index in [1.54, 1.807) is 6.08 Å². The number of allylic oxidation sites excluding steroid dienone is 5. The fraction of sp³-hybridized carbons (Fsp3) is 0.896. The van der Waals surface area contributed by atoms with Gasteiger partial charge < -0.3 is 40.3 Å². The Hall–Kier alpha value is -1.59. The third kappa shape index (κ3) is 45.2. The molecule has 7 unspecified atom stereocenters. The van der Waals surface area contributed by atoms with Crippen LogP contribution >= 0.6 is 0 Å². The smallest absolute Gasteiger partial charge is 0.220 e. The summed E-state index contributed by atoms with van der Waals surface area (Å²) in [5.74, 6) is -0.172. The number of rotatable bonds is 58. The molecule has 0 spiro atoms. The van der Waals surface area contributed by atoms with Gasteiger partial charge in [0.05, 0.1) is 25.4 Å². The minimum absolute atomic E-state index is 0.172. The first-order chi connectivity index (χ1) is 37.3. The van der Waals surface area contributed by atoms with Gasteiger partial charge in [-0.05, 0) is 51.4 Å². The Kier molecular flexibility index (Phi) is 54.0. The van der Waals surface area contributed by atoms with Crippen LogP contribution in [0.1, 0.15) is 328 Å². The van der Waals surface area contributed by atoms with Crippen molar-refractivity contribution < 1.29 is 39.8 Å². The molecular weight excluding hydrogens is 947 g/mol. The standard InChI is InChI=1S/C67H127NO8/c1-3-5-7-9-11-13-15-17-19-21-23-25-27-28-29-30-31-32-33-34-35-37-39-41-43-45-47-49-51-53-55-57-63(71)68-60(59-75-67-66(74)65(73)64(72)62(58-69)76-67)61(70)56-54-52-50-48-46-44-42-40-38-36-26-24-22-20-18-16-14-12-10-8-6-4-2/h23,25,28-29,54,56,60-62,64-67,69-70,72-74H,3-22,24,26-27,30-53,55,57-59H2,1-2H3,(H,68,71)/b25-23-,29-28-,56-54+. The molecule has 9 nitrogen and oxygen atoms in total. The first-order valence-corrected chi connectivity index (χ1v) is 33.2. The molecule has 1 fully saturated rings. The largest absolute Gasteiger partial charge is 0.394 e. The number of carbonyl (C=O) groups excluding carboxylic acids is 1. The average Bonchev–Trinajstić information content (AvgIpc) is 3.42. The van der Waals surface area contributed by atoms with Crippen molar-refractivity contribution in [1.29, 1.82) is 0 Å². The second-order valence-electron chi connectivity index (χ2n) is 23.3. The molecule has 6 N–H and O–H groups in total. The molecule has 1 rings (SSSR count). The third-order valence-electron chi connectivity index (χ3n) is 16.0. The minimum atomic E-state index is -1.57. The van der Waals surface area contributed by atoms with E-state index < -0.39 is 49.5 Å². The predicted molar refractivity (Wildman–Crippen MR) is 323 cm³/mol. The van der Waals surface area contributed by atoms with Gasteiger partial charge in [0.15, 0.2) is 6.29 Å². The molecule has 0 aromatic carbocycles. The molecule has 0 saturated carbocycles. The van der Waals surface area contributed by atoms with Gasteiger partial charge >= 0.3 is 0 Å². The maximum Gasteiger partial charge on any atom is 0.220 e. The summed E-state index contributed by atoms with van der Waals surface area (Å²) in [5, 5.41) is 54.7. The van der Waals surface area contributed by atoms with E-state index in [0.29, 0.717) is 6.42 Å². The number of aliphatic hydroxyl groups excluding tert-OH is 5. The molecule has 0 radical (unpaired) electrons. The molecule has 0 aromatic heterocycles. The molecule has 9 heteroatoms. The van der Waals surface area contributed by atoms with Gasteiger partial charge in [0, 0.05) is 6.42 Å². The van der Waals surface area contributed by atoms with Crippen molar-refractivity contribution >= 4 is 5.91 Å². The highest BCUT2D eigenvalue weighted by molar-refractivity contribution is 5.76. The van der Waals surface area contributed by atoms with Crippen molar-refractivity contribution in [3.05, 3.63) is 36.5 Å². The molecule has 1 amide bonds. The van der Waals surface area contributed by atoms with Crippen LogP contribution in [0.2, 0.25) is 0 Å². The number of hydrogen-bond acceptors (Lipinski definition) is 8. The molecule has 76 heavy (non-hydrogen) atoms. The van der Waals surface area contributed by atoms with Gasteiger partial charge in [-0.15, -0.1) is 0 Å². The van der Waals surface area contributed by atoms with Crippen LogP contribution in [0.5, 0.6) is 0 Å². The highest BCUT2D eigenvalue weighted by Crippen LogP contribution is 2.23. The lowest BCUT2D eigenvalue weighted by atomic mass is 9.99. The van der Waals surface area contributed by atoms with E-state index in [4.69, 9.17) is 9.47 Å². The third-order valence-corrected chi connectivity index (χ3v) is 16.0. The number of aliphatic hydroxyl groups is 5. The fourth-order valence-electron chi connectivity index (χ4n) is 10.7. The van der Waals surface area contributed by atoms with Crippen LogP contribution in [0.4, 0.5) is 0 Å². The molecule has 0 aromatic rings. The van der Waals surface area contributed by atoms with Gasteiger partial charge in [-0.1, -0.05) is 307 Å². The van der Waals surface area contributed by atoms with Crippen LogP contribution < -0.4 is 5.32 Å². The zero-order valence-electron chi connectivity index (χ0n) is 50.0. The summed E-state index contributed by atoms with van der Waals surface area (Å²) in [4.78, 5) is 13.1. The topological polar surface area (TPSA) is 149 Å². The number of nitrogens with one attached hydrogen (secondary N) is 1. The molecule has 1 aliphatic rings. The number of unbranched alkanes of at least 4 members (excludes halogenated alkanes) is 44. The zero-order chi connectivity index (χ0) is 55.0. The average molecular weight is 1070 g/mol. The lowest BCUT2D eigenvalue weighted by Crippen LogP contribution is -2.60. The minimum Gasteiger partial charge on any atom is -0.394 e. The second kappa shape index (κ2) is 56.7. The van der Waals surface area contributed by atoms with E-state index in [1.165, 1.54) is 263 Å². The van der Waals surface area contributed by atoms with E-state index in [2.05, 4.69) is 43.5 Å². The highest BCUT2D eigenvalue weighted by Gasteiger charge is 2.44. The number of ether oxygens (including phenoxy) is 2. The molecular formula is C67H127NO8. The summed E-state index contributed by atoms with van der Waals surface area (Å²) < 4.78 is 11.3. The van der Waals surface area contributed by atoms with Crippen molar-refractivity contribution in [3.63, 3.8) is 0 Å². The highest BCUT2D eigenvalue weighted by atomic mass is 16.7. The Morgan fingerprint density at radius 2 is 0.776 bits per heavy atom. The van der Waals surface area contributed by atoms with Crippen molar-refractivity contribution in [2.75, 3.05) is 13.2 Å². The quantitative estimate of drug-likeness (QED) is 0.0261. The summed E-state index contributed by atoms with van der Waals surface area (Å²) in [6.07, 6.45) is 68.1. The summed E-state index contributed by atoms with van der Waals surface area (Å²) >= 11 is 0. The summed E-state index contributed by atoms with van der Waals surface area (Å²) in [6.45, 7) is 3.82. The van der Waals surface area contributed by atoms with Crippen molar-refractivity contribution in [1.82, 2.24) is 5.32 Å². The normalized spacial score (nSPS) is 19.0. The molecule has 1 saturated heterocycles. The van der Waals surface area contributed by atoms with Crippen molar-refractivity contribution in [2.24, 2.45) is 0 Å². The molecule has 0 aliphatic carbocycles. The molecule has 1 heterocycles. The molecule has 7 atom stereocenters. The monoisotopic (exact) mass is 1070 g/mol. The number of amides is 1. The lowest BCUT2D eigenvalue weighted by Gasteiger charge is -2.40. The molecule has 0 bridgehead atoms. The zero-order valence-corrected chi connectivity index (χ0v) is 50.0.